The Bertz CT molecular complexity index is 526. The summed E-state index contributed by atoms with van der Waals surface area (Å²) in [6.45, 7) is 6.51. The molecule has 0 unspecified atom stereocenters. The summed E-state index contributed by atoms with van der Waals surface area (Å²) in [7, 11) is 0. The summed E-state index contributed by atoms with van der Waals surface area (Å²) in [5, 5.41) is 0. The molecule has 1 aromatic carbocycles. The van der Waals surface area contributed by atoms with Crippen LogP contribution in [0, 0.1) is 0 Å². The minimum absolute atomic E-state index is 0.259. The van der Waals surface area contributed by atoms with Gasteiger partial charge in [0.1, 0.15) is 0 Å². The van der Waals surface area contributed by atoms with Crippen molar-refractivity contribution in [2.45, 2.75) is 39.0 Å². The number of halogens is 1. The molecule has 1 rings (SSSR count). The molecule has 0 heterocycles. The molecule has 126 valence electrons. The highest BCUT2D eigenvalue weighted by molar-refractivity contribution is 6.19. The van der Waals surface area contributed by atoms with Crippen molar-refractivity contribution >= 4 is 23.6 Å². The van der Waals surface area contributed by atoms with Gasteiger partial charge in [-0.3, -0.25) is 9.63 Å². The van der Waals surface area contributed by atoms with Crippen LogP contribution in [0.25, 0.3) is 6.08 Å². The van der Waals surface area contributed by atoms with Gasteiger partial charge >= 0.3 is 0 Å². The number of carbonyl (C=O) groups is 1. The molecule has 3 nitrogen and oxygen atoms in total. The molecule has 0 atom stereocenters. The average Bonchev–Trinajstić information content (AvgIpc) is 2.57. The molecular formula is C19H26ClNO2. The Morgan fingerprint density at radius 3 is 2.91 bits per heavy atom. The van der Waals surface area contributed by atoms with Crippen LogP contribution in [-0.4, -0.2) is 18.4 Å². The molecule has 1 amide bonds. The number of hydrogen-bond acceptors (Lipinski definition) is 2. The van der Waals surface area contributed by atoms with E-state index in [1.54, 1.807) is 12.1 Å². The number of unbranched alkanes of at least 4 members (excludes halogenated alkanes) is 3. The Kier molecular flexibility index (Phi) is 10.1. The summed E-state index contributed by atoms with van der Waals surface area (Å²) in [5.74, 6) is 0.185. The molecule has 1 N–H and O–H groups in total. The van der Waals surface area contributed by atoms with Gasteiger partial charge in [0, 0.05) is 11.4 Å². The molecule has 0 bridgehead atoms. The normalized spacial score (nSPS) is 10.9. The summed E-state index contributed by atoms with van der Waals surface area (Å²) in [5.41, 5.74) is 4.95. The van der Waals surface area contributed by atoms with E-state index in [0.29, 0.717) is 18.1 Å². The van der Waals surface area contributed by atoms with Gasteiger partial charge < -0.3 is 0 Å². The maximum absolute atomic E-state index is 12.0. The lowest BCUT2D eigenvalue weighted by Crippen LogP contribution is -2.24. The van der Waals surface area contributed by atoms with Crippen molar-refractivity contribution in [1.82, 2.24) is 5.48 Å². The first-order valence-corrected chi connectivity index (χ1v) is 8.62. The number of amides is 1. The zero-order chi connectivity index (χ0) is 16.9. The van der Waals surface area contributed by atoms with Crippen molar-refractivity contribution in [3.8, 4) is 0 Å². The van der Waals surface area contributed by atoms with E-state index < -0.39 is 0 Å². The van der Waals surface area contributed by atoms with Crippen molar-refractivity contribution in [2.75, 3.05) is 12.5 Å². The maximum atomic E-state index is 12.0. The number of carbonyl (C=O) groups excluding carboxylic acids is 1. The van der Waals surface area contributed by atoms with Gasteiger partial charge in [-0.15, -0.1) is 11.6 Å². The van der Waals surface area contributed by atoms with Crippen molar-refractivity contribution in [3.05, 3.63) is 53.6 Å². The van der Waals surface area contributed by atoms with Crippen LogP contribution in [0.2, 0.25) is 0 Å². The SMILES string of the molecule is C=C(CCCCCC)CONC(=O)c1cccc(/C=C/CCl)c1. The fourth-order valence-electron chi connectivity index (χ4n) is 2.10. The Morgan fingerprint density at radius 2 is 2.17 bits per heavy atom. The van der Waals surface area contributed by atoms with Crippen LogP contribution < -0.4 is 5.48 Å². The molecule has 0 fully saturated rings. The van der Waals surface area contributed by atoms with Gasteiger partial charge in [0.25, 0.3) is 5.91 Å². The summed E-state index contributed by atoms with van der Waals surface area (Å²) >= 11 is 5.61. The zero-order valence-corrected chi connectivity index (χ0v) is 14.6. The Hall–Kier alpha value is -1.58. The smallest absolute Gasteiger partial charge is 0.269 e. The number of allylic oxidation sites excluding steroid dienone is 1. The highest BCUT2D eigenvalue weighted by Gasteiger charge is 2.06. The molecule has 0 aliphatic carbocycles. The third kappa shape index (κ3) is 8.58. The highest BCUT2D eigenvalue weighted by Crippen LogP contribution is 2.09. The fraction of sp³-hybridized carbons (Fsp3) is 0.421. The van der Waals surface area contributed by atoms with Gasteiger partial charge in [0.15, 0.2) is 0 Å². The van der Waals surface area contributed by atoms with Crippen LogP contribution in [0.3, 0.4) is 0 Å². The predicted octanol–water partition coefficient (Wildman–Crippen LogP) is 5.13. The number of hydroxylamine groups is 1. The molecule has 0 spiro atoms. The number of nitrogens with one attached hydrogen (secondary N) is 1. The first-order chi connectivity index (χ1) is 11.2. The van der Waals surface area contributed by atoms with E-state index in [1.807, 2.05) is 24.3 Å². The van der Waals surface area contributed by atoms with E-state index in [9.17, 15) is 4.79 Å². The number of benzene rings is 1. The third-order valence-corrected chi connectivity index (χ3v) is 3.55. The molecule has 23 heavy (non-hydrogen) atoms. The molecule has 0 aromatic heterocycles. The van der Waals surface area contributed by atoms with Crippen molar-refractivity contribution < 1.29 is 9.63 Å². The van der Waals surface area contributed by atoms with Crippen LogP contribution in [0.15, 0.2) is 42.5 Å². The van der Waals surface area contributed by atoms with Crippen LogP contribution in [0.1, 0.15) is 54.9 Å². The minimum atomic E-state index is -0.259. The second kappa shape index (κ2) is 11.9. The third-order valence-electron chi connectivity index (χ3n) is 3.37. The first-order valence-electron chi connectivity index (χ1n) is 8.08. The van der Waals surface area contributed by atoms with Gasteiger partial charge in [-0.25, -0.2) is 5.48 Å². The van der Waals surface area contributed by atoms with Gasteiger partial charge in [-0.05, 0) is 36.1 Å². The van der Waals surface area contributed by atoms with E-state index >= 15 is 0 Å². The largest absolute Gasteiger partial charge is 0.274 e. The zero-order valence-electron chi connectivity index (χ0n) is 13.8. The Balaban J connectivity index is 2.33. The van der Waals surface area contributed by atoms with E-state index in [1.165, 1.54) is 19.3 Å². The molecule has 0 aliphatic heterocycles. The van der Waals surface area contributed by atoms with Gasteiger partial charge in [-0.2, -0.15) is 0 Å². The Labute approximate surface area is 144 Å². The van der Waals surface area contributed by atoms with Crippen LogP contribution in [0.5, 0.6) is 0 Å². The Morgan fingerprint density at radius 1 is 1.35 bits per heavy atom. The van der Waals surface area contributed by atoms with E-state index in [-0.39, 0.29) is 5.91 Å². The van der Waals surface area contributed by atoms with E-state index in [2.05, 4.69) is 19.0 Å². The first kappa shape index (κ1) is 19.5. The quantitative estimate of drug-likeness (QED) is 0.263. The number of hydrogen-bond donors (Lipinski definition) is 1. The molecule has 0 saturated heterocycles. The van der Waals surface area contributed by atoms with E-state index in [0.717, 1.165) is 24.0 Å². The van der Waals surface area contributed by atoms with Crippen molar-refractivity contribution in [1.29, 1.82) is 0 Å². The summed E-state index contributed by atoms with van der Waals surface area (Å²) in [6.07, 6.45) is 9.45. The topological polar surface area (TPSA) is 38.3 Å². The summed E-state index contributed by atoms with van der Waals surface area (Å²) < 4.78 is 0. The lowest BCUT2D eigenvalue weighted by molar-refractivity contribution is 0.0394. The summed E-state index contributed by atoms with van der Waals surface area (Å²) in [4.78, 5) is 17.3. The van der Waals surface area contributed by atoms with Crippen LogP contribution in [0.4, 0.5) is 0 Å². The molecule has 0 radical (unpaired) electrons. The molecular weight excluding hydrogens is 310 g/mol. The second-order valence-electron chi connectivity index (χ2n) is 5.46. The number of alkyl halides is 1. The average molecular weight is 336 g/mol. The molecule has 1 aromatic rings. The van der Waals surface area contributed by atoms with Gasteiger partial charge in [-0.1, -0.05) is 57.0 Å². The number of rotatable bonds is 11. The highest BCUT2D eigenvalue weighted by atomic mass is 35.5. The lowest BCUT2D eigenvalue weighted by atomic mass is 10.1. The molecule has 0 saturated carbocycles. The van der Waals surface area contributed by atoms with Gasteiger partial charge in [0.05, 0.1) is 6.61 Å². The van der Waals surface area contributed by atoms with Crippen LogP contribution >= 0.6 is 11.6 Å². The second-order valence-corrected chi connectivity index (χ2v) is 5.77. The van der Waals surface area contributed by atoms with E-state index in [4.69, 9.17) is 16.4 Å². The maximum Gasteiger partial charge on any atom is 0.274 e. The minimum Gasteiger partial charge on any atom is -0.269 e. The monoisotopic (exact) mass is 335 g/mol. The standard InChI is InChI=1S/C19H26ClNO2/c1-3-4-5-6-9-16(2)15-23-21-19(22)18-12-7-10-17(14-18)11-8-13-20/h7-8,10-12,14H,2-6,9,13,15H2,1H3,(H,21,22)/b11-8+. The van der Waals surface area contributed by atoms with Crippen molar-refractivity contribution in [3.63, 3.8) is 0 Å². The summed E-state index contributed by atoms with van der Waals surface area (Å²) in [6, 6.07) is 7.28. The molecule has 4 heteroatoms. The van der Waals surface area contributed by atoms with Crippen LogP contribution in [-0.2, 0) is 4.84 Å². The fourth-order valence-corrected chi connectivity index (χ4v) is 2.19. The lowest BCUT2D eigenvalue weighted by Gasteiger charge is -2.08. The van der Waals surface area contributed by atoms with Crippen molar-refractivity contribution in [2.24, 2.45) is 0 Å². The molecule has 0 aliphatic rings. The van der Waals surface area contributed by atoms with Gasteiger partial charge in [0.2, 0.25) is 0 Å². The predicted molar refractivity (Wildman–Crippen MR) is 97.5 cm³/mol.